The SMILES string of the molecule is COC(=O)/C(=C/c1ccc2oc3ccccc3c2c1)CBr. The van der Waals surface area contributed by atoms with Gasteiger partial charge in [0.1, 0.15) is 11.2 Å². The lowest BCUT2D eigenvalue weighted by molar-refractivity contribution is -0.135. The Morgan fingerprint density at radius 1 is 1.19 bits per heavy atom. The number of benzene rings is 2. The molecule has 3 nitrogen and oxygen atoms in total. The molecule has 0 aliphatic rings. The van der Waals surface area contributed by atoms with Crippen molar-refractivity contribution in [2.45, 2.75) is 0 Å². The number of hydrogen-bond acceptors (Lipinski definition) is 3. The highest BCUT2D eigenvalue weighted by atomic mass is 79.9. The number of carbonyl (C=O) groups is 1. The molecule has 0 fully saturated rings. The minimum atomic E-state index is -0.330. The van der Waals surface area contributed by atoms with Gasteiger partial charge < -0.3 is 9.15 Å². The molecule has 0 aliphatic heterocycles. The minimum absolute atomic E-state index is 0.330. The molecule has 4 heteroatoms. The zero-order valence-corrected chi connectivity index (χ0v) is 13.0. The van der Waals surface area contributed by atoms with E-state index < -0.39 is 0 Å². The fraction of sp³-hybridized carbons (Fsp3) is 0.118. The number of methoxy groups -OCH3 is 1. The quantitative estimate of drug-likeness (QED) is 0.398. The first kappa shape index (κ1) is 13.9. The molecule has 1 aromatic heterocycles. The molecule has 21 heavy (non-hydrogen) atoms. The van der Waals surface area contributed by atoms with Crippen LogP contribution < -0.4 is 0 Å². The largest absolute Gasteiger partial charge is 0.466 e. The number of furan rings is 1. The van der Waals surface area contributed by atoms with Crippen molar-refractivity contribution in [2.24, 2.45) is 0 Å². The predicted molar refractivity (Wildman–Crippen MR) is 87.5 cm³/mol. The summed E-state index contributed by atoms with van der Waals surface area (Å²) in [6.45, 7) is 0. The summed E-state index contributed by atoms with van der Waals surface area (Å²) in [5, 5.41) is 2.56. The van der Waals surface area contributed by atoms with E-state index >= 15 is 0 Å². The van der Waals surface area contributed by atoms with Crippen molar-refractivity contribution >= 4 is 49.9 Å². The van der Waals surface area contributed by atoms with Gasteiger partial charge in [0, 0.05) is 21.7 Å². The molecular weight excluding hydrogens is 332 g/mol. The van der Waals surface area contributed by atoms with Crippen molar-refractivity contribution in [3.05, 3.63) is 53.6 Å². The minimum Gasteiger partial charge on any atom is -0.466 e. The van der Waals surface area contributed by atoms with E-state index in [1.54, 1.807) is 0 Å². The number of para-hydroxylation sites is 1. The van der Waals surface area contributed by atoms with Crippen LogP contribution in [0.1, 0.15) is 5.56 Å². The smallest absolute Gasteiger partial charge is 0.334 e. The summed E-state index contributed by atoms with van der Waals surface area (Å²) >= 11 is 3.31. The highest BCUT2D eigenvalue weighted by molar-refractivity contribution is 9.09. The van der Waals surface area contributed by atoms with E-state index in [9.17, 15) is 4.79 Å². The van der Waals surface area contributed by atoms with Gasteiger partial charge in [0.05, 0.1) is 7.11 Å². The Bertz CT molecular complexity index is 845. The van der Waals surface area contributed by atoms with E-state index in [2.05, 4.69) is 15.9 Å². The van der Waals surface area contributed by atoms with Crippen LogP contribution in [-0.2, 0) is 9.53 Å². The molecule has 0 saturated carbocycles. The molecule has 3 aromatic rings. The number of ether oxygens (including phenoxy) is 1. The van der Waals surface area contributed by atoms with Crippen molar-refractivity contribution in [1.82, 2.24) is 0 Å². The van der Waals surface area contributed by atoms with Gasteiger partial charge in [0.15, 0.2) is 0 Å². The van der Waals surface area contributed by atoms with Crippen LogP contribution in [0.2, 0.25) is 0 Å². The Labute approximate surface area is 130 Å². The topological polar surface area (TPSA) is 39.4 Å². The van der Waals surface area contributed by atoms with Crippen LogP contribution in [0.25, 0.3) is 28.0 Å². The van der Waals surface area contributed by atoms with Crippen LogP contribution in [0.15, 0.2) is 52.5 Å². The van der Waals surface area contributed by atoms with Crippen molar-refractivity contribution in [3.63, 3.8) is 0 Å². The first-order valence-electron chi connectivity index (χ1n) is 6.49. The van der Waals surface area contributed by atoms with Crippen LogP contribution in [-0.4, -0.2) is 18.4 Å². The molecule has 106 valence electrons. The Balaban J connectivity index is 2.14. The van der Waals surface area contributed by atoms with Gasteiger partial charge in [-0.25, -0.2) is 4.79 Å². The predicted octanol–water partition coefficient (Wildman–Crippen LogP) is 4.54. The molecule has 0 N–H and O–H groups in total. The lowest BCUT2D eigenvalue weighted by Crippen LogP contribution is -2.05. The zero-order chi connectivity index (χ0) is 14.8. The normalized spacial score (nSPS) is 12.0. The summed E-state index contributed by atoms with van der Waals surface area (Å²) in [4.78, 5) is 11.6. The molecule has 0 aliphatic carbocycles. The van der Waals surface area contributed by atoms with Gasteiger partial charge in [-0.05, 0) is 29.8 Å². The Morgan fingerprint density at radius 3 is 2.71 bits per heavy atom. The Kier molecular flexibility index (Phi) is 3.80. The van der Waals surface area contributed by atoms with Crippen molar-refractivity contribution in [1.29, 1.82) is 0 Å². The third kappa shape index (κ3) is 2.59. The third-order valence-electron chi connectivity index (χ3n) is 3.33. The molecule has 3 rings (SSSR count). The molecule has 2 aromatic carbocycles. The van der Waals surface area contributed by atoms with Gasteiger partial charge >= 0.3 is 5.97 Å². The van der Waals surface area contributed by atoms with Crippen LogP contribution >= 0.6 is 15.9 Å². The Morgan fingerprint density at radius 2 is 1.95 bits per heavy atom. The molecular formula is C17H13BrO3. The number of alkyl halides is 1. The van der Waals surface area contributed by atoms with Crippen LogP contribution in [0.4, 0.5) is 0 Å². The number of fused-ring (bicyclic) bond motifs is 3. The molecule has 0 amide bonds. The second-order valence-electron chi connectivity index (χ2n) is 4.65. The molecule has 0 radical (unpaired) electrons. The number of esters is 1. The molecule has 0 saturated heterocycles. The highest BCUT2D eigenvalue weighted by Gasteiger charge is 2.10. The maximum atomic E-state index is 11.6. The summed E-state index contributed by atoms with van der Waals surface area (Å²) in [5.41, 5.74) is 3.22. The molecule has 0 spiro atoms. The van der Waals surface area contributed by atoms with Gasteiger partial charge in [-0.1, -0.05) is 40.2 Å². The number of carbonyl (C=O) groups excluding carboxylic acids is 1. The molecule has 0 atom stereocenters. The first-order valence-corrected chi connectivity index (χ1v) is 7.61. The van der Waals surface area contributed by atoms with Crippen molar-refractivity contribution in [2.75, 3.05) is 12.4 Å². The van der Waals surface area contributed by atoms with Gasteiger partial charge in [-0.2, -0.15) is 0 Å². The maximum absolute atomic E-state index is 11.6. The van der Waals surface area contributed by atoms with Crippen LogP contribution in [0.3, 0.4) is 0 Å². The maximum Gasteiger partial charge on any atom is 0.334 e. The van der Waals surface area contributed by atoms with Gasteiger partial charge in [-0.3, -0.25) is 0 Å². The monoisotopic (exact) mass is 344 g/mol. The number of hydrogen-bond donors (Lipinski definition) is 0. The first-order chi connectivity index (χ1) is 10.2. The average Bonchev–Trinajstić information content (AvgIpc) is 2.90. The van der Waals surface area contributed by atoms with Gasteiger partial charge in [0.25, 0.3) is 0 Å². The van der Waals surface area contributed by atoms with E-state index in [0.29, 0.717) is 10.9 Å². The van der Waals surface area contributed by atoms with E-state index in [1.807, 2.05) is 48.5 Å². The molecule has 1 heterocycles. The fourth-order valence-corrected chi connectivity index (χ4v) is 2.71. The summed E-state index contributed by atoms with van der Waals surface area (Å²) in [7, 11) is 1.38. The Hall–Kier alpha value is -2.07. The van der Waals surface area contributed by atoms with Crippen molar-refractivity contribution in [3.8, 4) is 0 Å². The third-order valence-corrected chi connectivity index (χ3v) is 3.94. The second kappa shape index (κ2) is 5.74. The molecule has 0 unspecified atom stereocenters. The highest BCUT2D eigenvalue weighted by Crippen LogP contribution is 2.29. The zero-order valence-electron chi connectivity index (χ0n) is 11.4. The van der Waals surface area contributed by atoms with Gasteiger partial charge in [-0.15, -0.1) is 0 Å². The second-order valence-corrected chi connectivity index (χ2v) is 5.21. The van der Waals surface area contributed by atoms with E-state index in [4.69, 9.17) is 9.15 Å². The lowest BCUT2D eigenvalue weighted by atomic mass is 10.1. The number of halogens is 1. The lowest BCUT2D eigenvalue weighted by Gasteiger charge is -2.01. The summed E-state index contributed by atoms with van der Waals surface area (Å²) in [6.07, 6.45) is 1.82. The summed E-state index contributed by atoms with van der Waals surface area (Å²) in [5.74, 6) is -0.330. The number of rotatable bonds is 3. The molecule has 0 bridgehead atoms. The van der Waals surface area contributed by atoms with E-state index in [1.165, 1.54) is 7.11 Å². The van der Waals surface area contributed by atoms with Crippen molar-refractivity contribution < 1.29 is 13.9 Å². The average molecular weight is 345 g/mol. The van der Waals surface area contributed by atoms with Crippen LogP contribution in [0.5, 0.6) is 0 Å². The summed E-state index contributed by atoms with van der Waals surface area (Å²) in [6, 6.07) is 13.8. The van der Waals surface area contributed by atoms with Crippen LogP contribution in [0, 0.1) is 0 Å². The van der Waals surface area contributed by atoms with E-state index in [-0.39, 0.29) is 5.97 Å². The van der Waals surface area contributed by atoms with Gasteiger partial charge in [0.2, 0.25) is 0 Å². The van der Waals surface area contributed by atoms with E-state index in [0.717, 1.165) is 27.5 Å². The summed E-state index contributed by atoms with van der Waals surface area (Å²) < 4.78 is 10.5. The standard InChI is InChI=1S/C17H13BrO3/c1-20-17(19)12(10-18)8-11-6-7-16-14(9-11)13-4-2-3-5-15(13)21-16/h2-9H,10H2,1H3/b12-8+. The fourth-order valence-electron chi connectivity index (χ4n) is 2.32.